The van der Waals surface area contributed by atoms with Gasteiger partial charge in [-0.3, -0.25) is 4.79 Å². The standard InChI is InChI=1S/C13H16ClNO4/c1-8-7-19-10(6-16)5-15(8)13(18)11-4-9(17)2-3-12(11)14/h2-4,8,10,16-17H,5-7H2,1H3. The summed E-state index contributed by atoms with van der Waals surface area (Å²) in [7, 11) is 0. The maximum absolute atomic E-state index is 12.4. The summed E-state index contributed by atoms with van der Waals surface area (Å²) in [6.07, 6.45) is -0.378. The zero-order valence-corrected chi connectivity index (χ0v) is 11.3. The van der Waals surface area contributed by atoms with E-state index in [2.05, 4.69) is 0 Å². The van der Waals surface area contributed by atoms with Crippen molar-refractivity contribution >= 4 is 17.5 Å². The first-order valence-corrected chi connectivity index (χ1v) is 6.42. The van der Waals surface area contributed by atoms with Crippen LogP contribution in [0, 0.1) is 0 Å². The van der Waals surface area contributed by atoms with Crippen molar-refractivity contribution in [2.45, 2.75) is 19.1 Å². The lowest BCUT2D eigenvalue weighted by molar-refractivity contribution is -0.0667. The molecule has 1 amide bonds. The molecule has 2 rings (SSSR count). The van der Waals surface area contributed by atoms with Crippen LogP contribution in [0.15, 0.2) is 18.2 Å². The average molecular weight is 286 g/mol. The molecule has 1 saturated heterocycles. The van der Waals surface area contributed by atoms with E-state index in [1.54, 1.807) is 4.90 Å². The van der Waals surface area contributed by atoms with Crippen LogP contribution >= 0.6 is 11.6 Å². The van der Waals surface area contributed by atoms with Gasteiger partial charge < -0.3 is 19.8 Å². The number of rotatable bonds is 2. The van der Waals surface area contributed by atoms with Gasteiger partial charge in [0.25, 0.3) is 5.91 Å². The number of halogens is 1. The normalized spacial score (nSPS) is 23.4. The van der Waals surface area contributed by atoms with Gasteiger partial charge in [0, 0.05) is 6.54 Å². The number of phenols is 1. The molecule has 0 saturated carbocycles. The summed E-state index contributed by atoms with van der Waals surface area (Å²) in [5.41, 5.74) is 0.257. The van der Waals surface area contributed by atoms with Gasteiger partial charge in [-0.1, -0.05) is 11.6 Å². The number of amides is 1. The van der Waals surface area contributed by atoms with E-state index in [1.807, 2.05) is 6.92 Å². The second-order valence-electron chi connectivity index (χ2n) is 4.61. The zero-order chi connectivity index (χ0) is 14.0. The lowest BCUT2D eigenvalue weighted by Gasteiger charge is -2.37. The third-order valence-electron chi connectivity index (χ3n) is 3.15. The minimum absolute atomic E-state index is 0.00706. The molecule has 0 bridgehead atoms. The van der Waals surface area contributed by atoms with Crippen LogP contribution in [-0.2, 0) is 4.74 Å². The van der Waals surface area contributed by atoms with Crippen molar-refractivity contribution in [1.29, 1.82) is 0 Å². The van der Waals surface area contributed by atoms with Crippen LogP contribution in [0.25, 0.3) is 0 Å². The molecule has 5 nitrogen and oxygen atoms in total. The Morgan fingerprint density at radius 2 is 2.32 bits per heavy atom. The Kier molecular flexibility index (Phi) is 4.29. The highest BCUT2D eigenvalue weighted by Crippen LogP contribution is 2.24. The molecule has 2 N–H and O–H groups in total. The molecule has 0 aliphatic carbocycles. The highest BCUT2D eigenvalue weighted by atomic mass is 35.5. The molecule has 1 aromatic rings. The molecule has 6 heteroatoms. The Morgan fingerprint density at radius 3 is 3.00 bits per heavy atom. The minimum Gasteiger partial charge on any atom is -0.508 e. The van der Waals surface area contributed by atoms with Gasteiger partial charge in [0.15, 0.2) is 0 Å². The molecule has 0 spiro atoms. The molecule has 2 atom stereocenters. The number of phenolic OH excluding ortho intramolecular Hbond substituents is 1. The quantitative estimate of drug-likeness (QED) is 0.858. The number of nitrogens with zero attached hydrogens (tertiary/aromatic N) is 1. The third-order valence-corrected chi connectivity index (χ3v) is 3.48. The van der Waals surface area contributed by atoms with E-state index >= 15 is 0 Å². The fourth-order valence-corrected chi connectivity index (χ4v) is 2.24. The van der Waals surface area contributed by atoms with Crippen LogP contribution in [-0.4, -0.2) is 52.9 Å². The van der Waals surface area contributed by atoms with Crippen LogP contribution in [0.5, 0.6) is 5.75 Å². The van der Waals surface area contributed by atoms with Crippen molar-refractivity contribution in [1.82, 2.24) is 4.90 Å². The van der Waals surface area contributed by atoms with Crippen LogP contribution in [0.4, 0.5) is 0 Å². The summed E-state index contributed by atoms with van der Waals surface area (Å²) in [5.74, 6) is -0.275. The van der Waals surface area contributed by atoms with Gasteiger partial charge in [-0.2, -0.15) is 0 Å². The highest BCUT2D eigenvalue weighted by molar-refractivity contribution is 6.33. The number of ether oxygens (including phenoxy) is 1. The zero-order valence-electron chi connectivity index (χ0n) is 10.5. The topological polar surface area (TPSA) is 70.0 Å². The van der Waals surface area contributed by atoms with E-state index in [4.69, 9.17) is 21.4 Å². The first kappa shape index (κ1) is 14.1. The largest absolute Gasteiger partial charge is 0.508 e. The van der Waals surface area contributed by atoms with Crippen molar-refractivity contribution in [3.63, 3.8) is 0 Å². The maximum atomic E-state index is 12.4. The fraction of sp³-hybridized carbons (Fsp3) is 0.462. The van der Waals surface area contributed by atoms with E-state index in [1.165, 1.54) is 18.2 Å². The van der Waals surface area contributed by atoms with Gasteiger partial charge in [0.1, 0.15) is 5.75 Å². The summed E-state index contributed by atoms with van der Waals surface area (Å²) in [5, 5.41) is 18.9. The average Bonchev–Trinajstić information content (AvgIpc) is 2.41. The number of carbonyl (C=O) groups excluding carboxylic acids is 1. The lowest BCUT2D eigenvalue weighted by Crippen LogP contribution is -2.52. The molecule has 1 aromatic carbocycles. The van der Waals surface area contributed by atoms with E-state index in [0.717, 1.165) is 0 Å². The SMILES string of the molecule is CC1COC(CO)CN1C(=O)c1cc(O)ccc1Cl. The third kappa shape index (κ3) is 3.00. The smallest absolute Gasteiger partial charge is 0.255 e. The van der Waals surface area contributed by atoms with Crippen molar-refractivity contribution in [3.05, 3.63) is 28.8 Å². The number of benzene rings is 1. The van der Waals surface area contributed by atoms with Gasteiger partial charge in [-0.15, -0.1) is 0 Å². The number of aromatic hydroxyl groups is 1. The molecule has 1 aliphatic rings. The first-order chi connectivity index (χ1) is 9.02. The number of carbonyl (C=O) groups is 1. The minimum atomic E-state index is -0.378. The van der Waals surface area contributed by atoms with Crippen LogP contribution in [0.1, 0.15) is 17.3 Å². The van der Waals surface area contributed by atoms with Crippen molar-refractivity contribution in [2.24, 2.45) is 0 Å². The van der Waals surface area contributed by atoms with Crippen molar-refractivity contribution in [3.8, 4) is 5.75 Å². The predicted octanol–water partition coefficient (Wildman–Crippen LogP) is 1.27. The first-order valence-electron chi connectivity index (χ1n) is 6.05. The summed E-state index contributed by atoms with van der Waals surface area (Å²) >= 11 is 5.99. The molecule has 1 heterocycles. The number of aliphatic hydroxyl groups is 1. The highest BCUT2D eigenvalue weighted by Gasteiger charge is 2.30. The Hall–Kier alpha value is -1.30. The predicted molar refractivity (Wildman–Crippen MR) is 70.4 cm³/mol. The Balaban J connectivity index is 2.24. The Labute approximate surface area is 116 Å². The number of aliphatic hydroxyl groups excluding tert-OH is 1. The second-order valence-corrected chi connectivity index (χ2v) is 5.02. The van der Waals surface area contributed by atoms with Gasteiger partial charge in [-0.25, -0.2) is 0 Å². The van der Waals surface area contributed by atoms with E-state index in [-0.39, 0.29) is 36.0 Å². The monoisotopic (exact) mass is 285 g/mol. The molecule has 0 aromatic heterocycles. The second kappa shape index (κ2) is 5.77. The van der Waals surface area contributed by atoms with Crippen molar-refractivity contribution in [2.75, 3.05) is 19.8 Å². The number of morpholine rings is 1. The van der Waals surface area contributed by atoms with Crippen LogP contribution in [0.2, 0.25) is 5.02 Å². The molecule has 0 radical (unpaired) electrons. The number of hydrogen-bond donors (Lipinski definition) is 2. The van der Waals surface area contributed by atoms with Crippen LogP contribution in [0.3, 0.4) is 0 Å². The molecule has 1 fully saturated rings. The van der Waals surface area contributed by atoms with Gasteiger partial charge >= 0.3 is 0 Å². The molecule has 2 unspecified atom stereocenters. The summed E-state index contributed by atoms with van der Waals surface area (Å²) in [6, 6.07) is 4.16. The van der Waals surface area contributed by atoms with Gasteiger partial charge in [-0.05, 0) is 25.1 Å². The Bertz CT molecular complexity index is 480. The molecule has 1 aliphatic heterocycles. The van der Waals surface area contributed by atoms with Crippen molar-refractivity contribution < 1.29 is 19.7 Å². The van der Waals surface area contributed by atoms with E-state index in [0.29, 0.717) is 18.2 Å². The molecular weight excluding hydrogens is 270 g/mol. The number of hydrogen-bond acceptors (Lipinski definition) is 4. The molecule has 19 heavy (non-hydrogen) atoms. The van der Waals surface area contributed by atoms with Crippen LogP contribution < -0.4 is 0 Å². The fourth-order valence-electron chi connectivity index (χ4n) is 2.04. The van der Waals surface area contributed by atoms with E-state index in [9.17, 15) is 9.90 Å². The van der Waals surface area contributed by atoms with E-state index < -0.39 is 0 Å². The molecular formula is C13H16ClNO4. The summed E-state index contributed by atoms with van der Waals surface area (Å²) in [6.45, 7) is 2.41. The molecule has 104 valence electrons. The summed E-state index contributed by atoms with van der Waals surface area (Å²) < 4.78 is 5.38. The Morgan fingerprint density at radius 1 is 1.58 bits per heavy atom. The maximum Gasteiger partial charge on any atom is 0.255 e. The summed E-state index contributed by atoms with van der Waals surface area (Å²) in [4.78, 5) is 14.0. The van der Waals surface area contributed by atoms with Gasteiger partial charge in [0.05, 0.1) is 35.9 Å². The van der Waals surface area contributed by atoms with Gasteiger partial charge in [0.2, 0.25) is 0 Å². The lowest BCUT2D eigenvalue weighted by atomic mass is 10.1.